The van der Waals surface area contributed by atoms with Crippen LogP contribution < -0.4 is 10.6 Å². The van der Waals surface area contributed by atoms with Crippen LogP contribution in [0, 0.1) is 0 Å². The summed E-state index contributed by atoms with van der Waals surface area (Å²) in [6.07, 6.45) is 3.22. The topological polar surface area (TPSA) is 58.2 Å². The van der Waals surface area contributed by atoms with Crippen molar-refractivity contribution >= 4 is 46.7 Å². The molecule has 1 heterocycles. The van der Waals surface area contributed by atoms with Crippen molar-refractivity contribution in [3.63, 3.8) is 0 Å². The molecular weight excluding hydrogens is 388 g/mol. The number of carbonyl (C=O) groups excluding carboxylic acids is 2. The predicted octanol–water partition coefficient (Wildman–Crippen LogP) is 5.05. The SMILES string of the molecule is CNC(=O)c1ccc(/C=C/C(=O)Nc2ccccc2SCc2ccsc2)cc1. The van der Waals surface area contributed by atoms with Crippen LogP contribution in [0.1, 0.15) is 21.5 Å². The minimum Gasteiger partial charge on any atom is -0.355 e. The Morgan fingerprint density at radius 3 is 2.57 bits per heavy atom. The molecule has 3 aromatic rings. The molecule has 0 bridgehead atoms. The van der Waals surface area contributed by atoms with Gasteiger partial charge in [-0.05, 0) is 58.3 Å². The maximum absolute atomic E-state index is 12.3. The van der Waals surface area contributed by atoms with Gasteiger partial charge >= 0.3 is 0 Å². The van der Waals surface area contributed by atoms with Crippen LogP contribution in [0.25, 0.3) is 6.08 Å². The summed E-state index contributed by atoms with van der Waals surface area (Å²) in [7, 11) is 1.59. The van der Waals surface area contributed by atoms with E-state index >= 15 is 0 Å². The monoisotopic (exact) mass is 408 g/mol. The van der Waals surface area contributed by atoms with E-state index < -0.39 is 0 Å². The Bertz CT molecular complexity index is 964. The zero-order valence-corrected chi connectivity index (χ0v) is 17.0. The van der Waals surface area contributed by atoms with Gasteiger partial charge < -0.3 is 10.6 Å². The number of hydrogen-bond donors (Lipinski definition) is 2. The van der Waals surface area contributed by atoms with Crippen LogP contribution in [0.2, 0.25) is 0 Å². The van der Waals surface area contributed by atoms with Crippen LogP contribution in [0.5, 0.6) is 0 Å². The van der Waals surface area contributed by atoms with Crippen molar-refractivity contribution in [2.45, 2.75) is 10.6 Å². The van der Waals surface area contributed by atoms with E-state index in [1.54, 1.807) is 60.5 Å². The van der Waals surface area contributed by atoms with Gasteiger partial charge in [-0.15, -0.1) is 11.8 Å². The van der Waals surface area contributed by atoms with Gasteiger partial charge in [0, 0.05) is 29.3 Å². The summed E-state index contributed by atoms with van der Waals surface area (Å²) in [6, 6.07) is 17.0. The summed E-state index contributed by atoms with van der Waals surface area (Å²) in [5.41, 5.74) is 3.51. The predicted molar refractivity (Wildman–Crippen MR) is 118 cm³/mol. The molecule has 0 saturated carbocycles. The summed E-state index contributed by atoms with van der Waals surface area (Å²) < 4.78 is 0. The molecule has 6 heteroatoms. The Hall–Kier alpha value is -2.83. The first kappa shape index (κ1) is 19.9. The average molecular weight is 409 g/mol. The van der Waals surface area contributed by atoms with Gasteiger partial charge in [0.2, 0.25) is 5.91 Å². The molecule has 1 aromatic heterocycles. The number of thioether (sulfide) groups is 1. The molecule has 0 spiro atoms. The van der Waals surface area contributed by atoms with Crippen LogP contribution in [0.3, 0.4) is 0 Å². The number of benzene rings is 2. The Kier molecular flexibility index (Phi) is 7.06. The first-order chi connectivity index (χ1) is 13.7. The number of amides is 2. The van der Waals surface area contributed by atoms with E-state index in [0.717, 1.165) is 21.9 Å². The number of carbonyl (C=O) groups is 2. The van der Waals surface area contributed by atoms with Crippen molar-refractivity contribution in [1.82, 2.24) is 5.32 Å². The summed E-state index contributed by atoms with van der Waals surface area (Å²) >= 11 is 3.38. The van der Waals surface area contributed by atoms with E-state index in [1.807, 2.05) is 24.3 Å². The van der Waals surface area contributed by atoms with Gasteiger partial charge in [0.05, 0.1) is 5.69 Å². The minimum absolute atomic E-state index is 0.134. The average Bonchev–Trinajstić information content (AvgIpc) is 3.25. The Morgan fingerprint density at radius 2 is 1.86 bits per heavy atom. The summed E-state index contributed by atoms with van der Waals surface area (Å²) in [6.45, 7) is 0. The van der Waals surface area contributed by atoms with E-state index in [9.17, 15) is 9.59 Å². The first-order valence-corrected chi connectivity index (χ1v) is 10.6. The largest absolute Gasteiger partial charge is 0.355 e. The van der Waals surface area contributed by atoms with Gasteiger partial charge in [-0.25, -0.2) is 0 Å². The number of hydrogen-bond acceptors (Lipinski definition) is 4. The van der Waals surface area contributed by atoms with E-state index in [2.05, 4.69) is 27.5 Å². The number of nitrogens with one attached hydrogen (secondary N) is 2. The molecule has 28 heavy (non-hydrogen) atoms. The lowest BCUT2D eigenvalue weighted by Gasteiger charge is -2.09. The molecule has 4 nitrogen and oxygen atoms in total. The minimum atomic E-state index is -0.195. The molecule has 2 amide bonds. The molecule has 0 radical (unpaired) electrons. The fraction of sp³-hybridized carbons (Fsp3) is 0.0909. The third kappa shape index (κ3) is 5.58. The van der Waals surface area contributed by atoms with Crippen LogP contribution in [-0.4, -0.2) is 18.9 Å². The Balaban J connectivity index is 1.61. The second-order valence-corrected chi connectivity index (χ2v) is 7.74. The molecular formula is C22H20N2O2S2. The molecule has 0 aliphatic rings. The zero-order chi connectivity index (χ0) is 19.8. The fourth-order valence-electron chi connectivity index (χ4n) is 2.47. The lowest BCUT2D eigenvalue weighted by molar-refractivity contribution is -0.111. The molecule has 2 N–H and O–H groups in total. The Labute approximate surface area is 172 Å². The van der Waals surface area contributed by atoms with Crippen LogP contribution in [-0.2, 0) is 10.5 Å². The number of anilines is 1. The lowest BCUT2D eigenvalue weighted by atomic mass is 10.1. The maximum Gasteiger partial charge on any atom is 0.251 e. The normalized spacial score (nSPS) is 10.8. The van der Waals surface area contributed by atoms with E-state index in [0.29, 0.717) is 5.56 Å². The van der Waals surface area contributed by atoms with Gasteiger partial charge in [-0.3, -0.25) is 9.59 Å². The summed E-state index contributed by atoms with van der Waals surface area (Å²) in [4.78, 5) is 24.9. The van der Waals surface area contributed by atoms with Gasteiger partial charge in [-0.1, -0.05) is 24.3 Å². The molecule has 0 unspecified atom stereocenters. The quantitative estimate of drug-likeness (QED) is 0.425. The molecule has 0 fully saturated rings. The van der Waals surface area contributed by atoms with Gasteiger partial charge in [0.25, 0.3) is 5.91 Å². The second-order valence-electron chi connectivity index (χ2n) is 5.94. The molecule has 0 atom stereocenters. The molecule has 2 aromatic carbocycles. The van der Waals surface area contributed by atoms with Crippen molar-refractivity contribution in [3.05, 3.63) is 88.1 Å². The Morgan fingerprint density at radius 1 is 1.07 bits per heavy atom. The van der Waals surface area contributed by atoms with Gasteiger partial charge in [-0.2, -0.15) is 11.3 Å². The van der Waals surface area contributed by atoms with Crippen molar-refractivity contribution in [2.24, 2.45) is 0 Å². The molecule has 3 rings (SSSR count). The fourth-order valence-corrected chi connectivity index (χ4v) is 4.19. The molecule has 0 aliphatic heterocycles. The van der Waals surface area contributed by atoms with Crippen LogP contribution >= 0.6 is 23.1 Å². The van der Waals surface area contributed by atoms with E-state index in [1.165, 1.54) is 11.6 Å². The highest BCUT2D eigenvalue weighted by Gasteiger charge is 2.06. The number of rotatable bonds is 7. The van der Waals surface area contributed by atoms with Crippen molar-refractivity contribution < 1.29 is 9.59 Å². The van der Waals surface area contributed by atoms with Gasteiger partial charge in [0.1, 0.15) is 0 Å². The highest BCUT2D eigenvalue weighted by Crippen LogP contribution is 2.30. The lowest BCUT2D eigenvalue weighted by Crippen LogP contribution is -2.17. The molecule has 142 valence electrons. The third-order valence-electron chi connectivity index (χ3n) is 3.95. The highest BCUT2D eigenvalue weighted by molar-refractivity contribution is 7.98. The first-order valence-electron chi connectivity index (χ1n) is 8.70. The maximum atomic E-state index is 12.3. The molecule has 0 saturated heterocycles. The summed E-state index contributed by atoms with van der Waals surface area (Å²) in [5.74, 6) is 0.535. The van der Waals surface area contributed by atoms with Crippen LogP contribution in [0.15, 0.2) is 76.3 Å². The van der Waals surface area contributed by atoms with Crippen molar-refractivity contribution in [2.75, 3.05) is 12.4 Å². The van der Waals surface area contributed by atoms with E-state index in [4.69, 9.17) is 0 Å². The standard InChI is InChI=1S/C22H20N2O2S2/c1-23-22(26)18-9-6-16(7-10-18)8-11-21(25)24-19-4-2-3-5-20(19)28-15-17-12-13-27-14-17/h2-14H,15H2,1H3,(H,23,26)(H,24,25)/b11-8+. The number of para-hydroxylation sites is 1. The van der Waals surface area contributed by atoms with Gasteiger partial charge in [0.15, 0.2) is 0 Å². The van der Waals surface area contributed by atoms with Crippen molar-refractivity contribution in [1.29, 1.82) is 0 Å². The van der Waals surface area contributed by atoms with Crippen molar-refractivity contribution in [3.8, 4) is 0 Å². The molecule has 0 aliphatic carbocycles. The number of thiophene rings is 1. The highest BCUT2D eigenvalue weighted by atomic mass is 32.2. The smallest absolute Gasteiger partial charge is 0.251 e. The summed E-state index contributed by atoms with van der Waals surface area (Å²) in [5, 5.41) is 9.72. The van der Waals surface area contributed by atoms with E-state index in [-0.39, 0.29) is 11.8 Å². The third-order valence-corrected chi connectivity index (χ3v) is 5.82. The zero-order valence-electron chi connectivity index (χ0n) is 15.3. The van der Waals surface area contributed by atoms with Crippen LogP contribution in [0.4, 0.5) is 5.69 Å². The second kappa shape index (κ2) is 9.92.